The number of pyridine rings is 1. The summed E-state index contributed by atoms with van der Waals surface area (Å²) >= 11 is 0. The van der Waals surface area contributed by atoms with Crippen LogP contribution in [0.4, 0.5) is 0 Å². The number of H-pyrrole nitrogens is 1. The van der Waals surface area contributed by atoms with Crippen LogP contribution in [0.2, 0.25) is 0 Å². The average Bonchev–Trinajstić information content (AvgIpc) is 3.02. The van der Waals surface area contributed by atoms with Gasteiger partial charge in [-0.25, -0.2) is 4.98 Å². The van der Waals surface area contributed by atoms with Gasteiger partial charge >= 0.3 is 0 Å². The number of benzene rings is 1. The highest BCUT2D eigenvalue weighted by molar-refractivity contribution is 5.78. The van der Waals surface area contributed by atoms with Gasteiger partial charge in [0.1, 0.15) is 5.82 Å². The molecule has 0 amide bonds. The largest absolute Gasteiger partial charge is 0.357 e. The van der Waals surface area contributed by atoms with Crippen molar-refractivity contribution in [1.29, 1.82) is 0 Å². The number of hydrogen-bond donors (Lipinski definition) is 1. The summed E-state index contributed by atoms with van der Waals surface area (Å²) in [7, 11) is 2.04. The number of aromatic amines is 1. The summed E-state index contributed by atoms with van der Waals surface area (Å²) in [6.45, 7) is 5.72. The number of aromatic nitrogens is 3. The Labute approximate surface area is 146 Å². The van der Waals surface area contributed by atoms with Crippen molar-refractivity contribution in [1.82, 2.24) is 24.3 Å². The molecule has 4 rings (SSSR count). The lowest BCUT2D eigenvalue weighted by molar-refractivity contribution is 0.118. The molecule has 0 aliphatic carbocycles. The minimum atomic E-state index is 0.0952. The first-order valence-electron chi connectivity index (χ1n) is 8.71. The van der Waals surface area contributed by atoms with Crippen molar-refractivity contribution in [3.63, 3.8) is 0 Å². The minimum absolute atomic E-state index is 0.0952. The molecular formula is C19H23N5O. The third-order valence-corrected chi connectivity index (χ3v) is 4.94. The van der Waals surface area contributed by atoms with Gasteiger partial charge in [-0.3, -0.25) is 14.6 Å². The second-order valence-corrected chi connectivity index (χ2v) is 6.71. The maximum absolute atomic E-state index is 12.2. The van der Waals surface area contributed by atoms with E-state index in [0.717, 1.165) is 61.7 Å². The summed E-state index contributed by atoms with van der Waals surface area (Å²) in [5.41, 5.74) is 2.00. The molecule has 0 spiro atoms. The molecule has 6 nitrogen and oxygen atoms in total. The van der Waals surface area contributed by atoms with Gasteiger partial charge in [-0.15, -0.1) is 0 Å². The first-order valence-corrected chi connectivity index (χ1v) is 8.71. The highest BCUT2D eigenvalue weighted by atomic mass is 16.1. The Morgan fingerprint density at radius 1 is 1.08 bits per heavy atom. The molecule has 0 unspecified atom stereocenters. The van der Waals surface area contributed by atoms with Crippen molar-refractivity contribution >= 4 is 10.9 Å². The zero-order valence-corrected chi connectivity index (χ0v) is 14.5. The second-order valence-electron chi connectivity index (χ2n) is 6.71. The van der Waals surface area contributed by atoms with E-state index in [0.29, 0.717) is 0 Å². The molecule has 1 N–H and O–H groups in total. The van der Waals surface area contributed by atoms with E-state index >= 15 is 0 Å². The highest BCUT2D eigenvalue weighted by Crippen LogP contribution is 2.12. The maximum atomic E-state index is 12.2. The van der Waals surface area contributed by atoms with E-state index in [2.05, 4.69) is 24.3 Å². The van der Waals surface area contributed by atoms with E-state index in [1.165, 1.54) is 0 Å². The molecule has 6 heteroatoms. The van der Waals surface area contributed by atoms with Crippen LogP contribution >= 0.6 is 0 Å². The Kier molecular flexibility index (Phi) is 4.38. The molecule has 25 heavy (non-hydrogen) atoms. The molecule has 1 aromatic carbocycles. The van der Waals surface area contributed by atoms with E-state index in [-0.39, 0.29) is 5.43 Å². The quantitative estimate of drug-likeness (QED) is 0.785. The van der Waals surface area contributed by atoms with Crippen LogP contribution in [-0.4, -0.2) is 50.5 Å². The fourth-order valence-corrected chi connectivity index (χ4v) is 3.43. The fraction of sp³-hybridized carbons (Fsp3) is 0.368. The van der Waals surface area contributed by atoms with Gasteiger partial charge < -0.3 is 9.55 Å². The molecule has 1 aliphatic rings. The fourth-order valence-electron chi connectivity index (χ4n) is 3.43. The molecule has 0 atom stereocenters. The van der Waals surface area contributed by atoms with Crippen LogP contribution in [-0.2, 0) is 20.1 Å². The summed E-state index contributed by atoms with van der Waals surface area (Å²) in [6.07, 6.45) is 3.84. The van der Waals surface area contributed by atoms with Crippen molar-refractivity contribution in [2.24, 2.45) is 7.05 Å². The minimum Gasteiger partial charge on any atom is -0.357 e. The summed E-state index contributed by atoms with van der Waals surface area (Å²) in [5.74, 6) is 1.10. The smallest absolute Gasteiger partial charge is 0.189 e. The van der Waals surface area contributed by atoms with Crippen molar-refractivity contribution in [3.05, 3.63) is 64.5 Å². The van der Waals surface area contributed by atoms with Gasteiger partial charge in [0.2, 0.25) is 0 Å². The van der Waals surface area contributed by atoms with Gasteiger partial charge in [-0.05, 0) is 12.1 Å². The molecule has 0 saturated carbocycles. The average molecular weight is 337 g/mol. The summed E-state index contributed by atoms with van der Waals surface area (Å²) in [5, 5.41) is 0.756. The van der Waals surface area contributed by atoms with E-state index in [4.69, 9.17) is 0 Å². The van der Waals surface area contributed by atoms with Crippen molar-refractivity contribution < 1.29 is 0 Å². The predicted octanol–water partition coefficient (Wildman–Crippen LogP) is 1.58. The number of imidazole rings is 1. The van der Waals surface area contributed by atoms with Gasteiger partial charge in [0.25, 0.3) is 0 Å². The van der Waals surface area contributed by atoms with Gasteiger partial charge in [0, 0.05) is 74.8 Å². The van der Waals surface area contributed by atoms with E-state index in [1.54, 1.807) is 6.07 Å². The SMILES string of the molecule is Cn1ccnc1CN1CCN(Cc2cc(=O)c3ccccc3[nH]2)CC1. The summed E-state index contributed by atoms with van der Waals surface area (Å²) < 4.78 is 2.08. The van der Waals surface area contributed by atoms with Crippen LogP contribution in [0, 0.1) is 0 Å². The Morgan fingerprint density at radius 2 is 1.80 bits per heavy atom. The van der Waals surface area contributed by atoms with Gasteiger partial charge in [0.05, 0.1) is 6.54 Å². The maximum Gasteiger partial charge on any atom is 0.189 e. The van der Waals surface area contributed by atoms with Crippen molar-refractivity contribution in [2.45, 2.75) is 13.1 Å². The summed E-state index contributed by atoms with van der Waals surface area (Å²) in [6, 6.07) is 9.43. The lowest BCUT2D eigenvalue weighted by atomic mass is 10.2. The first kappa shape index (κ1) is 16.1. The van der Waals surface area contributed by atoms with Crippen molar-refractivity contribution in [2.75, 3.05) is 26.2 Å². The molecule has 2 aromatic heterocycles. The van der Waals surface area contributed by atoms with Crippen LogP contribution in [0.3, 0.4) is 0 Å². The van der Waals surface area contributed by atoms with Gasteiger partial charge in [-0.2, -0.15) is 0 Å². The third-order valence-electron chi connectivity index (χ3n) is 4.94. The molecule has 1 aliphatic heterocycles. The zero-order chi connectivity index (χ0) is 17.2. The van der Waals surface area contributed by atoms with E-state index in [1.807, 2.05) is 43.7 Å². The van der Waals surface area contributed by atoms with Crippen molar-refractivity contribution in [3.8, 4) is 0 Å². The Bertz CT molecular complexity index is 921. The standard InChI is InChI=1S/C19H23N5O/c1-22-7-6-20-19(22)14-24-10-8-23(9-11-24)13-15-12-18(25)16-4-2-3-5-17(16)21-15/h2-7,12H,8-11,13-14H2,1H3,(H,21,25). The second kappa shape index (κ2) is 6.82. The predicted molar refractivity (Wildman–Crippen MR) is 98.3 cm³/mol. The molecule has 3 aromatic rings. The summed E-state index contributed by atoms with van der Waals surface area (Å²) in [4.78, 5) is 24.9. The lowest BCUT2D eigenvalue weighted by Gasteiger charge is -2.34. The van der Waals surface area contributed by atoms with Crippen LogP contribution in [0.5, 0.6) is 0 Å². The monoisotopic (exact) mass is 337 g/mol. The van der Waals surface area contributed by atoms with Gasteiger partial charge in [0.15, 0.2) is 5.43 Å². The normalized spacial score (nSPS) is 16.5. The van der Waals surface area contributed by atoms with Gasteiger partial charge in [-0.1, -0.05) is 12.1 Å². The molecule has 1 saturated heterocycles. The number of para-hydroxylation sites is 1. The molecule has 3 heterocycles. The number of piperazine rings is 1. The van der Waals surface area contributed by atoms with Crippen LogP contribution in [0.25, 0.3) is 10.9 Å². The van der Waals surface area contributed by atoms with Crippen LogP contribution < -0.4 is 5.43 Å². The third kappa shape index (κ3) is 3.50. The molecule has 130 valence electrons. The van der Waals surface area contributed by atoms with E-state index in [9.17, 15) is 4.79 Å². The topological polar surface area (TPSA) is 57.2 Å². The number of rotatable bonds is 4. The number of fused-ring (bicyclic) bond motifs is 1. The van der Waals surface area contributed by atoms with E-state index < -0.39 is 0 Å². The molecule has 0 radical (unpaired) electrons. The number of nitrogens with zero attached hydrogens (tertiary/aromatic N) is 4. The molecular weight excluding hydrogens is 314 g/mol. The first-order chi connectivity index (χ1) is 12.2. The molecule has 1 fully saturated rings. The lowest BCUT2D eigenvalue weighted by Crippen LogP contribution is -2.45. The number of nitrogens with one attached hydrogen (secondary N) is 1. The Hall–Kier alpha value is -2.44. The highest BCUT2D eigenvalue weighted by Gasteiger charge is 2.18. The van der Waals surface area contributed by atoms with Crippen LogP contribution in [0.15, 0.2) is 47.5 Å². The Balaban J connectivity index is 1.39. The van der Waals surface area contributed by atoms with Crippen LogP contribution in [0.1, 0.15) is 11.5 Å². The number of hydrogen-bond acceptors (Lipinski definition) is 4. The Morgan fingerprint density at radius 3 is 2.52 bits per heavy atom. The molecule has 0 bridgehead atoms. The number of aryl methyl sites for hydroxylation is 1. The zero-order valence-electron chi connectivity index (χ0n) is 14.5.